The molecule has 6 nitrogen and oxygen atoms in total. The highest BCUT2D eigenvalue weighted by molar-refractivity contribution is 5.77. The normalized spacial score (nSPS) is 10.4. The fourth-order valence-corrected chi connectivity index (χ4v) is 1.91. The van der Waals surface area contributed by atoms with Crippen LogP contribution in [0, 0.1) is 13.8 Å². The van der Waals surface area contributed by atoms with Gasteiger partial charge in [0.05, 0.1) is 12.3 Å². The molecule has 0 bridgehead atoms. The summed E-state index contributed by atoms with van der Waals surface area (Å²) in [5.74, 6) is 0.953. The van der Waals surface area contributed by atoms with Crippen molar-refractivity contribution in [1.82, 2.24) is 10.5 Å². The number of aromatic nitrogens is 1. The second-order valence-corrected chi connectivity index (χ2v) is 4.63. The van der Waals surface area contributed by atoms with E-state index in [-0.39, 0.29) is 19.1 Å². The summed E-state index contributed by atoms with van der Waals surface area (Å²) in [6, 6.07) is 7.05. The van der Waals surface area contributed by atoms with Crippen LogP contribution in [0.15, 0.2) is 28.8 Å². The maximum atomic E-state index is 11.8. The minimum atomic E-state index is -0.247. The predicted molar refractivity (Wildman–Crippen MR) is 75.7 cm³/mol. The van der Waals surface area contributed by atoms with Crippen LogP contribution in [0.25, 0.3) is 0 Å². The third-order valence-corrected chi connectivity index (χ3v) is 3.15. The van der Waals surface area contributed by atoms with Crippen LogP contribution in [0.1, 0.15) is 22.6 Å². The van der Waals surface area contributed by atoms with E-state index in [0.29, 0.717) is 23.6 Å². The molecule has 21 heavy (non-hydrogen) atoms. The van der Waals surface area contributed by atoms with Crippen LogP contribution in [0.5, 0.6) is 5.75 Å². The standard InChI is InChI=1S/C15H18N2O4/c1-10-13(11(2)21-17-10)7-16-15(19)9-20-14-6-4-3-5-12(14)8-18/h3-6,18H,7-9H2,1-2H3,(H,16,19). The molecule has 0 fully saturated rings. The summed E-state index contributed by atoms with van der Waals surface area (Å²) < 4.78 is 10.4. The van der Waals surface area contributed by atoms with Gasteiger partial charge >= 0.3 is 0 Å². The zero-order valence-electron chi connectivity index (χ0n) is 12.0. The van der Waals surface area contributed by atoms with E-state index in [1.165, 1.54) is 0 Å². The quantitative estimate of drug-likeness (QED) is 0.841. The predicted octanol–water partition coefficient (Wildman–Crippen LogP) is 1.48. The Morgan fingerprint density at radius 1 is 1.38 bits per heavy atom. The molecule has 0 aliphatic rings. The first-order valence-corrected chi connectivity index (χ1v) is 6.62. The fourth-order valence-electron chi connectivity index (χ4n) is 1.91. The number of ether oxygens (including phenoxy) is 1. The molecule has 1 heterocycles. The second kappa shape index (κ2) is 6.90. The maximum Gasteiger partial charge on any atom is 0.258 e. The Labute approximate surface area is 122 Å². The van der Waals surface area contributed by atoms with Gasteiger partial charge in [0.15, 0.2) is 6.61 Å². The van der Waals surface area contributed by atoms with Crippen molar-refractivity contribution < 1.29 is 19.2 Å². The van der Waals surface area contributed by atoms with E-state index >= 15 is 0 Å². The Balaban J connectivity index is 1.85. The number of rotatable bonds is 6. The van der Waals surface area contributed by atoms with Gasteiger partial charge in [0, 0.05) is 17.7 Å². The Bertz CT molecular complexity index is 602. The fraction of sp³-hybridized carbons (Fsp3) is 0.333. The molecule has 2 rings (SSSR count). The van der Waals surface area contributed by atoms with Crippen molar-refractivity contribution in [3.05, 3.63) is 46.8 Å². The molecule has 0 unspecified atom stereocenters. The smallest absolute Gasteiger partial charge is 0.258 e. The van der Waals surface area contributed by atoms with Gasteiger partial charge in [-0.15, -0.1) is 0 Å². The molecule has 6 heteroatoms. The second-order valence-electron chi connectivity index (χ2n) is 4.63. The minimum absolute atomic E-state index is 0.111. The number of amides is 1. The molecule has 0 atom stereocenters. The van der Waals surface area contributed by atoms with Gasteiger partial charge < -0.3 is 19.7 Å². The van der Waals surface area contributed by atoms with E-state index in [4.69, 9.17) is 9.26 Å². The van der Waals surface area contributed by atoms with Crippen molar-refractivity contribution in [3.63, 3.8) is 0 Å². The maximum absolute atomic E-state index is 11.8. The zero-order chi connectivity index (χ0) is 15.2. The SMILES string of the molecule is Cc1noc(C)c1CNC(=O)COc1ccccc1CO. The van der Waals surface area contributed by atoms with Crippen molar-refractivity contribution in [2.24, 2.45) is 0 Å². The average Bonchev–Trinajstić information content (AvgIpc) is 2.82. The summed E-state index contributed by atoms with van der Waals surface area (Å²) in [5.41, 5.74) is 2.29. The van der Waals surface area contributed by atoms with Crippen LogP contribution in [0.4, 0.5) is 0 Å². The highest BCUT2D eigenvalue weighted by Gasteiger charge is 2.11. The van der Waals surface area contributed by atoms with E-state index < -0.39 is 0 Å². The van der Waals surface area contributed by atoms with E-state index in [1.807, 2.05) is 6.92 Å². The Hall–Kier alpha value is -2.34. The number of para-hydroxylation sites is 1. The molecule has 2 N–H and O–H groups in total. The highest BCUT2D eigenvalue weighted by Crippen LogP contribution is 2.17. The summed E-state index contributed by atoms with van der Waals surface area (Å²) in [6.07, 6.45) is 0. The third kappa shape index (κ3) is 3.82. The zero-order valence-corrected chi connectivity index (χ0v) is 12.0. The first-order chi connectivity index (χ1) is 10.1. The van der Waals surface area contributed by atoms with E-state index in [1.54, 1.807) is 31.2 Å². The minimum Gasteiger partial charge on any atom is -0.483 e. The van der Waals surface area contributed by atoms with Gasteiger partial charge in [-0.25, -0.2) is 0 Å². The number of carbonyl (C=O) groups excluding carboxylic acids is 1. The summed E-state index contributed by atoms with van der Waals surface area (Å²) in [6.45, 7) is 3.74. The number of carbonyl (C=O) groups is 1. The molecular weight excluding hydrogens is 272 g/mol. The summed E-state index contributed by atoms with van der Waals surface area (Å²) in [5, 5.41) is 15.7. The lowest BCUT2D eigenvalue weighted by Gasteiger charge is -2.10. The summed E-state index contributed by atoms with van der Waals surface area (Å²) in [4.78, 5) is 11.8. The number of benzene rings is 1. The third-order valence-electron chi connectivity index (χ3n) is 3.15. The van der Waals surface area contributed by atoms with E-state index in [0.717, 1.165) is 11.3 Å². The lowest BCUT2D eigenvalue weighted by atomic mass is 10.2. The molecule has 112 valence electrons. The van der Waals surface area contributed by atoms with Crippen molar-refractivity contribution in [1.29, 1.82) is 0 Å². The number of nitrogens with zero attached hydrogens (tertiary/aromatic N) is 1. The Kier molecular flexibility index (Phi) is 4.94. The topological polar surface area (TPSA) is 84.6 Å². The molecule has 0 radical (unpaired) electrons. The van der Waals surface area contributed by atoms with Gasteiger partial charge in [-0.2, -0.15) is 0 Å². The summed E-state index contributed by atoms with van der Waals surface area (Å²) in [7, 11) is 0. The van der Waals surface area contributed by atoms with Gasteiger partial charge in [-0.05, 0) is 19.9 Å². The van der Waals surface area contributed by atoms with Gasteiger partial charge in [-0.3, -0.25) is 4.79 Å². The van der Waals surface area contributed by atoms with Gasteiger partial charge in [0.25, 0.3) is 5.91 Å². The first kappa shape index (κ1) is 15.1. The monoisotopic (exact) mass is 290 g/mol. The molecule has 1 aromatic heterocycles. The molecule has 0 saturated carbocycles. The molecule has 1 aromatic carbocycles. The van der Waals surface area contributed by atoms with E-state index in [9.17, 15) is 9.90 Å². The van der Waals surface area contributed by atoms with Crippen LogP contribution < -0.4 is 10.1 Å². The van der Waals surface area contributed by atoms with Crippen molar-refractivity contribution in [3.8, 4) is 5.75 Å². The number of hydrogen-bond acceptors (Lipinski definition) is 5. The van der Waals surface area contributed by atoms with Crippen LogP contribution in [0.2, 0.25) is 0 Å². The Morgan fingerprint density at radius 2 is 2.14 bits per heavy atom. The van der Waals surface area contributed by atoms with E-state index in [2.05, 4.69) is 10.5 Å². The molecule has 0 aliphatic carbocycles. The van der Waals surface area contributed by atoms with Crippen molar-refractivity contribution in [2.45, 2.75) is 27.0 Å². The van der Waals surface area contributed by atoms with Crippen LogP contribution in [0.3, 0.4) is 0 Å². The molecule has 2 aromatic rings. The molecule has 0 aliphatic heterocycles. The number of aliphatic hydroxyl groups excluding tert-OH is 1. The largest absolute Gasteiger partial charge is 0.483 e. The number of aryl methyl sites for hydroxylation is 2. The van der Waals surface area contributed by atoms with Crippen molar-refractivity contribution in [2.75, 3.05) is 6.61 Å². The lowest BCUT2D eigenvalue weighted by molar-refractivity contribution is -0.123. The highest BCUT2D eigenvalue weighted by atomic mass is 16.5. The van der Waals surface area contributed by atoms with Gasteiger partial charge in [0.1, 0.15) is 11.5 Å². The summed E-state index contributed by atoms with van der Waals surface area (Å²) >= 11 is 0. The van der Waals surface area contributed by atoms with Crippen LogP contribution in [-0.2, 0) is 17.9 Å². The van der Waals surface area contributed by atoms with Gasteiger partial charge in [-0.1, -0.05) is 23.4 Å². The molecular formula is C15H18N2O4. The Morgan fingerprint density at radius 3 is 2.81 bits per heavy atom. The average molecular weight is 290 g/mol. The molecule has 0 saturated heterocycles. The number of hydrogen-bond donors (Lipinski definition) is 2. The molecule has 1 amide bonds. The number of nitrogens with one attached hydrogen (secondary N) is 1. The first-order valence-electron chi connectivity index (χ1n) is 6.62. The van der Waals surface area contributed by atoms with Crippen LogP contribution in [-0.4, -0.2) is 22.8 Å². The van der Waals surface area contributed by atoms with Gasteiger partial charge in [0.2, 0.25) is 0 Å². The van der Waals surface area contributed by atoms with Crippen molar-refractivity contribution >= 4 is 5.91 Å². The lowest BCUT2D eigenvalue weighted by Crippen LogP contribution is -2.28. The van der Waals surface area contributed by atoms with Crippen LogP contribution >= 0.6 is 0 Å². The number of aliphatic hydroxyl groups is 1. The molecule has 0 spiro atoms.